The summed E-state index contributed by atoms with van der Waals surface area (Å²) in [6.45, 7) is 3.83. The summed E-state index contributed by atoms with van der Waals surface area (Å²) in [5, 5.41) is 8.00. The minimum atomic E-state index is -4.35. The topological polar surface area (TPSA) is 41.1 Å². The maximum atomic E-state index is 12.8. The van der Waals surface area contributed by atoms with Crippen molar-refractivity contribution in [3.8, 4) is 11.1 Å². The Morgan fingerprint density at radius 2 is 1.79 bits per heavy atom. The molecule has 150 valence electrons. The van der Waals surface area contributed by atoms with Gasteiger partial charge in [0.1, 0.15) is 0 Å². The van der Waals surface area contributed by atoms with Gasteiger partial charge < -0.3 is 10.6 Å². The third kappa shape index (κ3) is 3.98. The highest BCUT2D eigenvalue weighted by atomic mass is 19.4. The fourth-order valence-corrected chi connectivity index (χ4v) is 3.59. The maximum Gasteiger partial charge on any atom is 0.416 e. The number of alkyl halides is 3. The second kappa shape index (κ2) is 7.52. The average molecular weight is 398 g/mol. The summed E-state index contributed by atoms with van der Waals surface area (Å²) in [7, 11) is 0. The first-order valence-electron chi connectivity index (χ1n) is 9.55. The predicted molar refractivity (Wildman–Crippen MR) is 108 cm³/mol. The van der Waals surface area contributed by atoms with Gasteiger partial charge in [0.2, 0.25) is 0 Å². The van der Waals surface area contributed by atoms with Gasteiger partial charge >= 0.3 is 6.18 Å². The Balaban J connectivity index is 1.61. The van der Waals surface area contributed by atoms with E-state index in [1.165, 1.54) is 12.1 Å². The van der Waals surface area contributed by atoms with Gasteiger partial charge in [-0.15, -0.1) is 0 Å². The summed E-state index contributed by atoms with van der Waals surface area (Å²) in [5.41, 5.74) is 1.43. The van der Waals surface area contributed by atoms with E-state index in [2.05, 4.69) is 10.6 Å². The van der Waals surface area contributed by atoms with Crippen LogP contribution in [0.25, 0.3) is 21.9 Å². The molecule has 0 aliphatic carbocycles. The summed E-state index contributed by atoms with van der Waals surface area (Å²) < 4.78 is 38.5. The van der Waals surface area contributed by atoms with Gasteiger partial charge in [0.25, 0.3) is 5.91 Å². The lowest BCUT2D eigenvalue weighted by Crippen LogP contribution is -2.53. The molecule has 1 atom stereocenters. The molecule has 1 fully saturated rings. The van der Waals surface area contributed by atoms with Crippen molar-refractivity contribution in [1.82, 2.24) is 10.6 Å². The van der Waals surface area contributed by atoms with Crippen LogP contribution in [-0.2, 0) is 6.18 Å². The van der Waals surface area contributed by atoms with Gasteiger partial charge in [0.05, 0.1) is 5.56 Å². The zero-order valence-electron chi connectivity index (χ0n) is 15.9. The summed E-state index contributed by atoms with van der Waals surface area (Å²) in [4.78, 5) is 12.6. The fourth-order valence-electron chi connectivity index (χ4n) is 3.59. The van der Waals surface area contributed by atoms with E-state index in [9.17, 15) is 18.0 Å². The predicted octanol–water partition coefficient (Wildman–Crippen LogP) is 4.86. The number of fused-ring (bicyclic) bond motifs is 1. The Morgan fingerprint density at radius 3 is 2.41 bits per heavy atom. The van der Waals surface area contributed by atoms with Crippen LogP contribution in [0.3, 0.4) is 0 Å². The Bertz CT molecular complexity index is 1040. The second-order valence-corrected chi connectivity index (χ2v) is 7.50. The van der Waals surface area contributed by atoms with Crippen LogP contribution >= 0.6 is 0 Å². The number of hydrogen-bond donors (Lipinski definition) is 2. The van der Waals surface area contributed by atoms with Crippen molar-refractivity contribution < 1.29 is 18.0 Å². The molecule has 3 nitrogen and oxygen atoms in total. The number of benzene rings is 3. The number of halogens is 3. The van der Waals surface area contributed by atoms with Crippen LogP contribution in [0.15, 0.2) is 60.7 Å². The Hall–Kier alpha value is -2.86. The van der Waals surface area contributed by atoms with E-state index in [1.807, 2.05) is 37.3 Å². The Morgan fingerprint density at radius 1 is 1.07 bits per heavy atom. The largest absolute Gasteiger partial charge is 0.416 e. The average Bonchev–Trinajstić information content (AvgIpc) is 2.65. The molecule has 1 heterocycles. The number of nitrogens with one attached hydrogen (secondary N) is 2. The molecule has 1 saturated heterocycles. The first-order chi connectivity index (χ1) is 13.8. The molecule has 1 aliphatic rings. The molecule has 0 aromatic heterocycles. The summed E-state index contributed by atoms with van der Waals surface area (Å²) in [6.07, 6.45) is -4.35. The maximum absolute atomic E-state index is 12.8. The molecular weight excluding hydrogens is 377 g/mol. The highest BCUT2D eigenvalue weighted by Crippen LogP contribution is 2.33. The van der Waals surface area contributed by atoms with Gasteiger partial charge in [-0.1, -0.05) is 36.4 Å². The molecule has 0 bridgehead atoms. The first-order valence-corrected chi connectivity index (χ1v) is 9.55. The Kier molecular flexibility index (Phi) is 5.04. The summed E-state index contributed by atoms with van der Waals surface area (Å²) in [5.74, 6) is 0.330. The Labute approximate surface area is 166 Å². The van der Waals surface area contributed by atoms with E-state index in [0.717, 1.165) is 41.6 Å². The van der Waals surface area contributed by atoms with Crippen LogP contribution in [0.5, 0.6) is 0 Å². The molecule has 4 rings (SSSR count). The van der Waals surface area contributed by atoms with Crippen LogP contribution < -0.4 is 10.6 Å². The molecule has 0 unspecified atom stereocenters. The van der Waals surface area contributed by atoms with Crippen molar-refractivity contribution >= 4 is 16.7 Å². The van der Waals surface area contributed by atoms with E-state index >= 15 is 0 Å². The smallest absolute Gasteiger partial charge is 0.349 e. The molecule has 6 heteroatoms. The number of hydrogen-bond acceptors (Lipinski definition) is 2. The molecule has 0 spiro atoms. The number of carbonyl (C=O) groups excluding carboxylic acids is 1. The third-order valence-electron chi connectivity index (χ3n) is 5.54. The van der Waals surface area contributed by atoms with Gasteiger partial charge in [-0.05, 0) is 53.1 Å². The van der Waals surface area contributed by atoms with Crippen LogP contribution in [0, 0.1) is 5.92 Å². The van der Waals surface area contributed by atoms with Crippen LogP contribution in [-0.4, -0.2) is 25.0 Å². The molecule has 3 aromatic carbocycles. The highest BCUT2D eigenvalue weighted by molar-refractivity contribution is 6.02. The summed E-state index contributed by atoms with van der Waals surface area (Å²) >= 11 is 0. The first kappa shape index (κ1) is 19.5. The highest BCUT2D eigenvalue weighted by Gasteiger charge is 2.30. The third-order valence-corrected chi connectivity index (χ3v) is 5.54. The zero-order chi connectivity index (χ0) is 20.6. The van der Waals surface area contributed by atoms with E-state index in [1.54, 1.807) is 6.07 Å². The fraction of sp³-hybridized carbons (Fsp3) is 0.261. The summed E-state index contributed by atoms with van der Waals surface area (Å²) in [6, 6.07) is 16.3. The van der Waals surface area contributed by atoms with Gasteiger partial charge in [0, 0.05) is 30.6 Å². The molecule has 2 N–H and O–H groups in total. The monoisotopic (exact) mass is 398 g/mol. The lowest BCUT2D eigenvalue weighted by molar-refractivity contribution is -0.137. The zero-order valence-corrected chi connectivity index (χ0v) is 15.9. The van der Waals surface area contributed by atoms with Gasteiger partial charge in [-0.25, -0.2) is 0 Å². The molecule has 3 aromatic rings. The van der Waals surface area contributed by atoms with E-state index in [0.29, 0.717) is 17.0 Å². The number of amides is 1. The van der Waals surface area contributed by atoms with E-state index < -0.39 is 11.7 Å². The van der Waals surface area contributed by atoms with E-state index in [4.69, 9.17) is 0 Å². The van der Waals surface area contributed by atoms with Crippen molar-refractivity contribution in [2.75, 3.05) is 13.1 Å². The molecule has 0 radical (unpaired) electrons. The van der Waals surface area contributed by atoms with Crippen LogP contribution in [0.4, 0.5) is 13.2 Å². The van der Waals surface area contributed by atoms with Crippen molar-refractivity contribution in [3.05, 3.63) is 71.8 Å². The number of carbonyl (C=O) groups is 1. The standard InChI is InChI=1S/C23H21F3N2O/c1-14(18-12-27-13-18)28-22(29)17-7-10-21-16(11-17)3-2-4-20(21)15-5-8-19(9-6-15)23(24,25)26/h2-11,14,18,27H,12-13H2,1H3,(H,28,29)/t14-/m1/s1. The second-order valence-electron chi connectivity index (χ2n) is 7.50. The van der Waals surface area contributed by atoms with Crippen molar-refractivity contribution in [3.63, 3.8) is 0 Å². The molecule has 29 heavy (non-hydrogen) atoms. The number of rotatable bonds is 4. The molecule has 0 saturated carbocycles. The van der Waals surface area contributed by atoms with Gasteiger partial charge in [-0.3, -0.25) is 4.79 Å². The SMILES string of the molecule is C[C@@H](NC(=O)c1ccc2c(-c3ccc(C(F)(F)F)cc3)cccc2c1)C1CNC1. The molecule has 1 amide bonds. The van der Waals surface area contributed by atoms with Crippen molar-refractivity contribution in [2.45, 2.75) is 19.1 Å². The lowest BCUT2D eigenvalue weighted by atomic mass is 9.94. The van der Waals surface area contributed by atoms with Crippen LogP contribution in [0.2, 0.25) is 0 Å². The van der Waals surface area contributed by atoms with Gasteiger partial charge in [0.15, 0.2) is 0 Å². The quantitative estimate of drug-likeness (QED) is 0.659. The minimum absolute atomic E-state index is 0.0953. The van der Waals surface area contributed by atoms with E-state index in [-0.39, 0.29) is 11.9 Å². The van der Waals surface area contributed by atoms with Crippen molar-refractivity contribution in [1.29, 1.82) is 0 Å². The molecular formula is C23H21F3N2O. The minimum Gasteiger partial charge on any atom is -0.349 e. The van der Waals surface area contributed by atoms with Gasteiger partial charge in [-0.2, -0.15) is 13.2 Å². The van der Waals surface area contributed by atoms with Crippen LogP contribution in [0.1, 0.15) is 22.8 Å². The van der Waals surface area contributed by atoms with Crippen molar-refractivity contribution in [2.24, 2.45) is 5.92 Å². The lowest BCUT2D eigenvalue weighted by Gasteiger charge is -2.33. The normalized spacial score (nSPS) is 15.7. The molecule has 1 aliphatic heterocycles.